The Morgan fingerprint density at radius 1 is 1.26 bits per heavy atom. The lowest BCUT2D eigenvalue weighted by Gasteiger charge is -2.20. The van der Waals surface area contributed by atoms with Gasteiger partial charge in [-0.2, -0.15) is 4.31 Å². The van der Waals surface area contributed by atoms with Gasteiger partial charge in [0.2, 0.25) is 10.0 Å². The number of aromatic nitrogens is 1. The minimum Gasteiger partial charge on any atom is -0.384 e. The van der Waals surface area contributed by atoms with E-state index in [9.17, 15) is 8.42 Å². The highest BCUT2D eigenvalue weighted by atomic mass is 32.2. The molecule has 1 N–H and O–H groups in total. The van der Waals surface area contributed by atoms with Crippen LogP contribution in [-0.4, -0.2) is 63.4 Å². The molecule has 0 bridgehead atoms. The molecule has 0 unspecified atom stereocenters. The minimum absolute atomic E-state index is 0.220. The maximum atomic E-state index is 12.5. The largest absolute Gasteiger partial charge is 0.384 e. The second-order valence-corrected chi connectivity index (χ2v) is 6.55. The number of hydrogen-bond donors (Lipinski definition) is 1. The van der Waals surface area contributed by atoms with Crippen molar-refractivity contribution in [1.29, 1.82) is 0 Å². The Morgan fingerprint density at radius 2 is 1.95 bits per heavy atom. The zero-order valence-electron chi connectivity index (χ0n) is 11.9. The summed E-state index contributed by atoms with van der Waals surface area (Å²) < 4.78 is 26.3. The first-order valence-corrected chi connectivity index (χ1v) is 7.62. The molecule has 1 rings (SSSR count). The average molecular weight is 286 g/mol. The topological polar surface area (TPSA) is 65.5 Å². The average Bonchev–Trinajstić information content (AvgIpc) is 2.36. The molecule has 0 saturated heterocycles. The number of nitrogens with zero attached hydrogens (tertiary/aromatic N) is 3. The normalized spacial score (nSPS) is 12.1. The van der Waals surface area contributed by atoms with Crippen LogP contribution in [0, 0.1) is 0 Å². The van der Waals surface area contributed by atoms with E-state index in [1.54, 1.807) is 19.3 Å². The van der Waals surface area contributed by atoms with E-state index >= 15 is 0 Å². The number of likely N-dealkylation sites (N-methyl/N-ethyl adjacent to an activating group) is 2. The van der Waals surface area contributed by atoms with Gasteiger partial charge >= 0.3 is 0 Å². The number of nitrogens with one attached hydrogen (secondary N) is 1. The summed E-state index contributed by atoms with van der Waals surface area (Å²) in [5.74, 6) is 0. The van der Waals surface area contributed by atoms with Crippen molar-refractivity contribution in [2.45, 2.75) is 11.8 Å². The molecule has 7 heteroatoms. The molecule has 0 amide bonds. The molecule has 0 aliphatic carbocycles. The van der Waals surface area contributed by atoms with Gasteiger partial charge in [-0.15, -0.1) is 0 Å². The molecule has 19 heavy (non-hydrogen) atoms. The van der Waals surface area contributed by atoms with Crippen LogP contribution in [0.25, 0.3) is 0 Å². The van der Waals surface area contributed by atoms with Gasteiger partial charge in [0.25, 0.3) is 0 Å². The molecule has 0 saturated carbocycles. The highest BCUT2D eigenvalue weighted by molar-refractivity contribution is 7.89. The summed E-state index contributed by atoms with van der Waals surface area (Å²) in [7, 11) is 1.90. The maximum absolute atomic E-state index is 12.5. The monoisotopic (exact) mass is 286 g/mol. The highest BCUT2D eigenvalue weighted by Gasteiger charge is 2.23. The van der Waals surface area contributed by atoms with Crippen molar-refractivity contribution in [3.8, 4) is 0 Å². The quantitative estimate of drug-likeness (QED) is 0.799. The fourth-order valence-electron chi connectivity index (χ4n) is 1.55. The van der Waals surface area contributed by atoms with Gasteiger partial charge in [-0.1, -0.05) is 0 Å². The van der Waals surface area contributed by atoms with E-state index < -0.39 is 10.0 Å². The second-order valence-electron chi connectivity index (χ2n) is 4.53. The Bertz CT molecular complexity index is 502. The maximum Gasteiger partial charge on any atom is 0.246 e. The molecular weight excluding hydrogens is 264 g/mol. The standard InChI is InChI=1S/C12H22N4O2S/c1-5-14-11-6-7-13-10-12(11)19(17,18)16(4)9-8-15(2)3/h6-7,10H,5,8-9H2,1-4H3,(H,13,14). The van der Waals surface area contributed by atoms with Crippen LogP contribution in [0.2, 0.25) is 0 Å². The number of hydrogen-bond acceptors (Lipinski definition) is 5. The van der Waals surface area contributed by atoms with Crippen molar-refractivity contribution in [2.24, 2.45) is 0 Å². The predicted molar refractivity (Wildman–Crippen MR) is 76.8 cm³/mol. The summed E-state index contributed by atoms with van der Waals surface area (Å²) in [6, 6.07) is 1.68. The molecule has 0 aliphatic heterocycles. The van der Waals surface area contributed by atoms with Crippen molar-refractivity contribution in [3.63, 3.8) is 0 Å². The third-order valence-electron chi connectivity index (χ3n) is 2.70. The summed E-state index contributed by atoms with van der Waals surface area (Å²) in [5, 5.41) is 3.05. The van der Waals surface area contributed by atoms with Crippen LogP contribution in [0.1, 0.15) is 6.92 Å². The first-order chi connectivity index (χ1) is 8.89. The zero-order valence-corrected chi connectivity index (χ0v) is 12.7. The molecule has 0 spiro atoms. The van der Waals surface area contributed by atoms with Crippen molar-refractivity contribution in [3.05, 3.63) is 18.5 Å². The van der Waals surface area contributed by atoms with E-state index in [0.29, 0.717) is 25.3 Å². The molecule has 0 aliphatic rings. The van der Waals surface area contributed by atoms with Crippen LogP contribution in [0.5, 0.6) is 0 Å². The molecule has 1 aromatic rings. The summed E-state index contributed by atoms with van der Waals surface area (Å²) >= 11 is 0. The van der Waals surface area contributed by atoms with Gasteiger partial charge in [-0.3, -0.25) is 4.98 Å². The van der Waals surface area contributed by atoms with Gasteiger partial charge in [-0.25, -0.2) is 8.42 Å². The molecular formula is C12H22N4O2S. The van der Waals surface area contributed by atoms with Crippen LogP contribution in [0.15, 0.2) is 23.4 Å². The smallest absolute Gasteiger partial charge is 0.246 e. The minimum atomic E-state index is -3.51. The Labute approximate surface area is 115 Å². The zero-order chi connectivity index (χ0) is 14.5. The summed E-state index contributed by atoms with van der Waals surface area (Å²) in [4.78, 5) is 6.08. The molecule has 6 nitrogen and oxygen atoms in total. The summed E-state index contributed by atoms with van der Waals surface area (Å²) in [5.41, 5.74) is 0.592. The van der Waals surface area contributed by atoms with Crippen LogP contribution >= 0.6 is 0 Å². The molecule has 0 aromatic carbocycles. The van der Waals surface area contributed by atoms with Crippen molar-refractivity contribution < 1.29 is 8.42 Å². The SMILES string of the molecule is CCNc1ccncc1S(=O)(=O)N(C)CCN(C)C. The van der Waals surface area contributed by atoms with Gasteiger partial charge in [0, 0.05) is 39.1 Å². The molecule has 108 valence electrons. The molecule has 0 atom stereocenters. The van der Waals surface area contributed by atoms with Gasteiger partial charge < -0.3 is 10.2 Å². The number of pyridine rings is 1. The lowest BCUT2D eigenvalue weighted by molar-refractivity contribution is 0.358. The lowest BCUT2D eigenvalue weighted by atomic mass is 10.4. The number of rotatable bonds is 7. The summed E-state index contributed by atoms with van der Waals surface area (Å²) in [6.45, 7) is 3.70. The predicted octanol–water partition coefficient (Wildman–Crippen LogP) is 0.695. The van der Waals surface area contributed by atoms with Gasteiger partial charge in [-0.05, 0) is 27.1 Å². The Balaban J connectivity index is 2.99. The fraction of sp³-hybridized carbons (Fsp3) is 0.583. The van der Waals surface area contributed by atoms with Crippen LogP contribution < -0.4 is 5.32 Å². The lowest BCUT2D eigenvalue weighted by Crippen LogP contribution is -2.34. The molecule has 1 aromatic heterocycles. The van der Waals surface area contributed by atoms with Crippen LogP contribution in [0.4, 0.5) is 5.69 Å². The number of anilines is 1. The second kappa shape index (κ2) is 6.83. The van der Waals surface area contributed by atoms with E-state index in [-0.39, 0.29) is 4.90 Å². The van der Waals surface area contributed by atoms with Crippen molar-refractivity contribution in [1.82, 2.24) is 14.2 Å². The third kappa shape index (κ3) is 4.15. The van der Waals surface area contributed by atoms with Crippen molar-refractivity contribution in [2.75, 3.05) is 46.1 Å². The Hall–Kier alpha value is -1.18. The third-order valence-corrected chi connectivity index (χ3v) is 4.59. The highest BCUT2D eigenvalue weighted by Crippen LogP contribution is 2.22. The summed E-state index contributed by atoms with van der Waals surface area (Å²) in [6.07, 6.45) is 2.97. The van der Waals surface area contributed by atoms with E-state index in [0.717, 1.165) is 0 Å². The van der Waals surface area contributed by atoms with Gasteiger partial charge in [0.05, 0.1) is 5.69 Å². The first-order valence-electron chi connectivity index (χ1n) is 6.18. The molecule has 0 radical (unpaired) electrons. The van der Waals surface area contributed by atoms with Crippen molar-refractivity contribution >= 4 is 15.7 Å². The van der Waals surface area contributed by atoms with E-state index in [2.05, 4.69) is 10.3 Å². The van der Waals surface area contributed by atoms with E-state index in [1.807, 2.05) is 25.9 Å². The van der Waals surface area contributed by atoms with Gasteiger partial charge in [0.1, 0.15) is 4.90 Å². The number of sulfonamides is 1. The van der Waals surface area contributed by atoms with E-state index in [1.165, 1.54) is 10.5 Å². The van der Waals surface area contributed by atoms with Crippen LogP contribution in [0.3, 0.4) is 0 Å². The Morgan fingerprint density at radius 3 is 2.53 bits per heavy atom. The molecule has 1 heterocycles. The fourth-order valence-corrected chi connectivity index (χ4v) is 2.82. The molecule has 0 fully saturated rings. The first kappa shape index (κ1) is 15.9. The van der Waals surface area contributed by atoms with E-state index in [4.69, 9.17) is 0 Å². The van der Waals surface area contributed by atoms with Gasteiger partial charge in [0.15, 0.2) is 0 Å². The van der Waals surface area contributed by atoms with Crippen LogP contribution in [-0.2, 0) is 10.0 Å². The Kier molecular flexibility index (Phi) is 5.71.